The summed E-state index contributed by atoms with van der Waals surface area (Å²) in [5, 5.41) is 3.56. The van der Waals surface area contributed by atoms with Gasteiger partial charge in [0.2, 0.25) is 0 Å². The van der Waals surface area contributed by atoms with E-state index in [2.05, 4.69) is 57.3 Å². The van der Waals surface area contributed by atoms with Crippen LogP contribution in [0.3, 0.4) is 0 Å². The molecule has 0 aliphatic rings. The highest BCUT2D eigenvalue weighted by molar-refractivity contribution is 5.32. The summed E-state index contributed by atoms with van der Waals surface area (Å²) in [5.74, 6) is 0.610. The summed E-state index contributed by atoms with van der Waals surface area (Å²) in [6.45, 7) is 11.8. The minimum Gasteiger partial charge on any atom is -0.330 e. The van der Waals surface area contributed by atoms with Crippen molar-refractivity contribution >= 4 is 0 Å². The summed E-state index contributed by atoms with van der Waals surface area (Å²) in [6.07, 6.45) is 1.15. The highest BCUT2D eigenvalue weighted by Crippen LogP contribution is 2.25. The van der Waals surface area contributed by atoms with Crippen LogP contribution in [-0.2, 0) is 5.41 Å². The Morgan fingerprint density at radius 3 is 2.56 bits per heavy atom. The average molecular weight is 248 g/mol. The molecule has 2 heteroatoms. The molecule has 18 heavy (non-hydrogen) atoms. The topological polar surface area (TPSA) is 38.0 Å². The third kappa shape index (κ3) is 4.43. The Bertz CT molecular complexity index is 358. The van der Waals surface area contributed by atoms with E-state index in [1.807, 2.05) is 0 Å². The predicted molar refractivity (Wildman–Crippen MR) is 79.9 cm³/mol. The fourth-order valence-corrected chi connectivity index (χ4v) is 2.29. The maximum absolute atomic E-state index is 5.62. The number of benzene rings is 1. The first kappa shape index (κ1) is 15.2. The summed E-state index contributed by atoms with van der Waals surface area (Å²) in [4.78, 5) is 0. The highest BCUT2D eigenvalue weighted by atomic mass is 14.9. The molecule has 1 atom stereocenters. The number of aryl methyl sites for hydroxylation is 1. The van der Waals surface area contributed by atoms with Crippen LogP contribution in [0, 0.1) is 12.8 Å². The average Bonchev–Trinajstić information content (AvgIpc) is 2.34. The van der Waals surface area contributed by atoms with Crippen LogP contribution >= 0.6 is 0 Å². The maximum Gasteiger partial charge on any atom is 0.00432 e. The van der Waals surface area contributed by atoms with E-state index in [1.54, 1.807) is 0 Å². The number of nitrogens with one attached hydrogen (secondary N) is 1. The van der Waals surface area contributed by atoms with E-state index in [4.69, 9.17) is 5.73 Å². The van der Waals surface area contributed by atoms with Crippen LogP contribution in [0.5, 0.6) is 0 Å². The van der Waals surface area contributed by atoms with Crippen molar-refractivity contribution in [2.75, 3.05) is 19.6 Å². The molecular formula is C16H28N2. The Balaban J connectivity index is 2.48. The lowest BCUT2D eigenvalue weighted by atomic mass is 9.82. The Morgan fingerprint density at radius 1 is 1.28 bits per heavy atom. The lowest BCUT2D eigenvalue weighted by Gasteiger charge is -2.28. The zero-order chi connectivity index (χ0) is 13.6. The van der Waals surface area contributed by atoms with Crippen molar-refractivity contribution in [1.82, 2.24) is 5.32 Å². The fraction of sp³-hybridized carbons (Fsp3) is 0.625. The second kappa shape index (κ2) is 6.91. The number of hydrogen-bond acceptors (Lipinski definition) is 2. The molecule has 1 aromatic carbocycles. The van der Waals surface area contributed by atoms with Gasteiger partial charge in [-0.1, -0.05) is 45.0 Å². The van der Waals surface area contributed by atoms with Crippen molar-refractivity contribution in [1.29, 1.82) is 0 Å². The van der Waals surface area contributed by atoms with Gasteiger partial charge in [-0.15, -0.1) is 0 Å². The summed E-state index contributed by atoms with van der Waals surface area (Å²) in [6, 6.07) is 8.65. The van der Waals surface area contributed by atoms with E-state index in [9.17, 15) is 0 Å². The van der Waals surface area contributed by atoms with Crippen LogP contribution in [0.15, 0.2) is 24.3 Å². The fourth-order valence-electron chi connectivity index (χ4n) is 2.29. The first-order valence-corrected chi connectivity index (χ1v) is 6.94. The molecule has 102 valence electrons. The molecule has 0 bridgehead atoms. The van der Waals surface area contributed by atoms with Gasteiger partial charge in [0.15, 0.2) is 0 Å². The van der Waals surface area contributed by atoms with Crippen LogP contribution in [0.25, 0.3) is 0 Å². The van der Waals surface area contributed by atoms with Crippen molar-refractivity contribution in [2.24, 2.45) is 11.7 Å². The monoisotopic (exact) mass is 248 g/mol. The largest absolute Gasteiger partial charge is 0.330 e. The molecule has 0 aromatic heterocycles. The molecule has 0 saturated carbocycles. The van der Waals surface area contributed by atoms with Crippen molar-refractivity contribution in [3.8, 4) is 0 Å². The predicted octanol–water partition coefficient (Wildman–Crippen LogP) is 2.85. The van der Waals surface area contributed by atoms with Gasteiger partial charge in [-0.25, -0.2) is 0 Å². The van der Waals surface area contributed by atoms with Gasteiger partial charge in [0.1, 0.15) is 0 Å². The first-order chi connectivity index (χ1) is 8.47. The van der Waals surface area contributed by atoms with E-state index < -0.39 is 0 Å². The zero-order valence-corrected chi connectivity index (χ0v) is 12.3. The molecule has 3 N–H and O–H groups in total. The van der Waals surface area contributed by atoms with Crippen molar-refractivity contribution in [2.45, 2.75) is 39.5 Å². The van der Waals surface area contributed by atoms with Gasteiger partial charge in [0.25, 0.3) is 0 Å². The Hall–Kier alpha value is -0.860. The molecule has 0 amide bonds. The third-order valence-electron chi connectivity index (χ3n) is 3.66. The smallest absolute Gasteiger partial charge is 0.00432 e. The second-order valence-corrected chi connectivity index (χ2v) is 6.01. The van der Waals surface area contributed by atoms with E-state index in [-0.39, 0.29) is 5.41 Å². The molecular weight excluding hydrogens is 220 g/mol. The normalized spacial score (nSPS) is 13.6. The quantitative estimate of drug-likeness (QED) is 0.728. The number of rotatable bonds is 7. The summed E-state index contributed by atoms with van der Waals surface area (Å²) in [5.41, 5.74) is 8.61. The van der Waals surface area contributed by atoms with Gasteiger partial charge in [-0.2, -0.15) is 0 Å². The van der Waals surface area contributed by atoms with E-state index >= 15 is 0 Å². The van der Waals surface area contributed by atoms with E-state index in [0.29, 0.717) is 5.92 Å². The minimum absolute atomic E-state index is 0.178. The molecule has 1 aromatic rings. The molecule has 0 saturated heterocycles. The molecule has 0 radical (unpaired) electrons. The van der Waals surface area contributed by atoms with E-state index in [0.717, 1.165) is 26.1 Å². The lowest BCUT2D eigenvalue weighted by molar-refractivity contribution is 0.439. The maximum atomic E-state index is 5.62. The Kier molecular flexibility index (Phi) is 5.83. The second-order valence-electron chi connectivity index (χ2n) is 6.01. The molecule has 0 heterocycles. The molecule has 0 aliphatic carbocycles. The molecule has 0 spiro atoms. The number of nitrogens with two attached hydrogens (primary N) is 1. The summed E-state index contributed by atoms with van der Waals surface area (Å²) < 4.78 is 0. The van der Waals surface area contributed by atoms with Crippen LogP contribution in [0.4, 0.5) is 0 Å². The van der Waals surface area contributed by atoms with Gasteiger partial charge in [0.05, 0.1) is 0 Å². The van der Waals surface area contributed by atoms with Crippen LogP contribution in [0.2, 0.25) is 0 Å². The van der Waals surface area contributed by atoms with Crippen molar-refractivity contribution in [3.63, 3.8) is 0 Å². The lowest BCUT2D eigenvalue weighted by Crippen LogP contribution is -2.34. The molecule has 1 unspecified atom stereocenters. The number of hydrogen-bond donors (Lipinski definition) is 2. The third-order valence-corrected chi connectivity index (χ3v) is 3.66. The molecule has 1 rings (SSSR count). The zero-order valence-electron chi connectivity index (χ0n) is 12.3. The SMILES string of the molecule is Cc1ccccc1C(C)(C)CNCCC(C)CN. The molecule has 2 nitrogen and oxygen atoms in total. The van der Waals surface area contributed by atoms with Gasteiger partial charge in [-0.05, 0) is 43.5 Å². The van der Waals surface area contributed by atoms with Crippen LogP contribution in [0.1, 0.15) is 38.3 Å². The van der Waals surface area contributed by atoms with Crippen LogP contribution in [-0.4, -0.2) is 19.6 Å². The van der Waals surface area contributed by atoms with Crippen LogP contribution < -0.4 is 11.1 Å². The Morgan fingerprint density at radius 2 is 1.94 bits per heavy atom. The van der Waals surface area contributed by atoms with Gasteiger partial charge >= 0.3 is 0 Å². The van der Waals surface area contributed by atoms with Gasteiger partial charge in [0, 0.05) is 12.0 Å². The van der Waals surface area contributed by atoms with Crippen molar-refractivity contribution in [3.05, 3.63) is 35.4 Å². The molecule has 0 fully saturated rings. The van der Waals surface area contributed by atoms with Crippen molar-refractivity contribution < 1.29 is 0 Å². The Labute approximate surface area is 112 Å². The first-order valence-electron chi connectivity index (χ1n) is 6.94. The highest BCUT2D eigenvalue weighted by Gasteiger charge is 2.21. The van der Waals surface area contributed by atoms with E-state index in [1.165, 1.54) is 11.1 Å². The minimum atomic E-state index is 0.178. The standard InChI is InChI=1S/C16H28N2/c1-13(11-17)9-10-18-12-16(3,4)15-8-6-5-7-14(15)2/h5-8,13,18H,9-12,17H2,1-4H3. The van der Waals surface area contributed by atoms with Gasteiger partial charge < -0.3 is 11.1 Å². The summed E-state index contributed by atoms with van der Waals surface area (Å²) in [7, 11) is 0. The van der Waals surface area contributed by atoms with Gasteiger partial charge in [-0.3, -0.25) is 0 Å². The summed E-state index contributed by atoms with van der Waals surface area (Å²) >= 11 is 0. The molecule has 0 aliphatic heterocycles.